The Morgan fingerprint density at radius 3 is 2.54 bits per heavy atom. The molecular formula is C18H32N6. The molecule has 6 nitrogen and oxygen atoms in total. The van der Waals surface area contributed by atoms with E-state index in [4.69, 9.17) is 5.73 Å². The fourth-order valence-electron chi connectivity index (χ4n) is 3.68. The van der Waals surface area contributed by atoms with Gasteiger partial charge in [-0.25, -0.2) is 9.97 Å². The molecule has 2 fully saturated rings. The summed E-state index contributed by atoms with van der Waals surface area (Å²) in [5.74, 6) is 1.44. The van der Waals surface area contributed by atoms with Crippen LogP contribution in [0, 0.1) is 0 Å². The summed E-state index contributed by atoms with van der Waals surface area (Å²) in [5, 5.41) is 3.52. The van der Waals surface area contributed by atoms with Gasteiger partial charge in [-0.2, -0.15) is 0 Å². The number of nitrogens with one attached hydrogen (secondary N) is 1. The lowest BCUT2D eigenvalue weighted by Gasteiger charge is -2.44. The number of hydrogen-bond acceptors (Lipinski definition) is 6. The lowest BCUT2D eigenvalue weighted by Crippen LogP contribution is -2.57. The molecule has 1 aliphatic heterocycles. The maximum absolute atomic E-state index is 5.89. The van der Waals surface area contributed by atoms with Crippen molar-refractivity contribution in [2.45, 2.75) is 51.1 Å². The van der Waals surface area contributed by atoms with Gasteiger partial charge in [-0.15, -0.1) is 0 Å². The molecule has 0 spiro atoms. The highest BCUT2D eigenvalue weighted by Crippen LogP contribution is 2.34. The summed E-state index contributed by atoms with van der Waals surface area (Å²) >= 11 is 0. The molecule has 3 rings (SSSR count). The Hall–Kier alpha value is -1.24. The van der Waals surface area contributed by atoms with Crippen LogP contribution in [0.1, 0.15) is 45.2 Å². The molecule has 1 saturated heterocycles. The van der Waals surface area contributed by atoms with Crippen molar-refractivity contribution in [3.8, 4) is 0 Å². The standard InChI is InChI=1S/C18H32N6/c1-4-23-5-7-24(8-6-23)18(2,3)12-20-17-11-16(21-13-22-17)14-9-15(19)10-14/h11,13-15H,4-10,12,19H2,1-3H3,(H,20,21,22). The molecule has 1 aromatic heterocycles. The summed E-state index contributed by atoms with van der Waals surface area (Å²) in [6, 6.07) is 2.45. The minimum atomic E-state index is 0.115. The first kappa shape index (κ1) is 17.6. The van der Waals surface area contributed by atoms with E-state index in [9.17, 15) is 0 Å². The molecule has 24 heavy (non-hydrogen) atoms. The van der Waals surface area contributed by atoms with Crippen molar-refractivity contribution in [2.24, 2.45) is 5.73 Å². The zero-order valence-corrected chi connectivity index (χ0v) is 15.3. The highest BCUT2D eigenvalue weighted by atomic mass is 15.3. The Morgan fingerprint density at radius 2 is 1.92 bits per heavy atom. The maximum atomic E-state index is 5.89. The first-order valence-corrected chi connectivity index (χ1v) is 9.26. The number of nitrogens with two attached hydrogens (primary N) is 1. The Labute approximate surface area is 145 Å². The number of likely N-dealkylation sites (N-methyl/N-ethyl adjacent to an activating group) is 1. The predicted octanol–water partition coefficient (Wildman–Crippen LogP) is 1.51. The molecule has 0 aromatic carbocycles. The molecule has 1 aliphatic carbocycles. The molecule has 134 valence electrons. The van der Waals surface area contributed by atoms with E-state index in [2.05, 4.69) is 51.9 Å². The van der Waals surface area contributed by atoms with Crippen molar-refractivity contribution in [2.75, 3.05) is 44.6 Å². The van der Waals surface area contributed by atoms with Gasteiger partial charge >= 0.3 is 0 Å². The smallest absolute Gasteiger partial charge is 0.129 e. The topological polar surface area (TPSA) is 70.3 Å². The van der Waals surface area contributed by atoms with Gasteiger partial charge in [0.05, 0.1) is 0 Å². The summed E-state index contributed by atoms with van der Waals surface area (Å²) in [7, 11) is 0. The number of rotatable bonds is 6. The number of hydrogen-bond donors (Lipinski definition) is 2. The summed E-state index contributed by atoms with van der Waals surface area (Å²) in [5.41, 5.74) is 7.14. The highest BCUT2D eigenvalue weighted by molar-refractivity contribution is 5.37. The monoisotopic (exact) mass is 332 g/mol. The second-order valence-corrected chi connectivity index (χ2v) is 7.84. The Morgan fingerprint density at radius 1 is 1.21 bits per heavy atom. The van der Waals surface area contributed by atoms with Gasteiger partial charge in [0.15, 0.2) is 0 Å². The zero-order chi connectivity index (χ0) is 17.2. The van der Waals surface area contributed by atoms with E-state index in [0.29, 0.717) is 12.0 Å². The summed E-state index contributed by atoms with van der Waals surface area (Å²) in [6.07, 6.45) is 3.77. The normalized spacial score (nSPS) is 26.2. The average Bonchev–Trinajstić information content (AvgIpc) is 2.57. The van der Waals surface area contributed by atoms with E-state index in [1.54, 1.807) is 6.33 Å². The third kappa shape index (κ3) is 4.05. The van der Waals surface area contributed by atoms with E-state index in [1.165, 1.54) is 13.1 Å². The van der Waals surface area contributed by atoms with Crippen molar-refractivity contribution in [3.05, 3.63) is 18.1 Å². The number of aromatic nitrogens is 2. The molecule has 6 heteroatoms. The van der Waals surface area contributed by atoms with Gasteiger partial charge in [-0.3, -0.25) is 4.90 Å². The van der Waals surface area contributed by atoms with Crippen molar-refractivity contribution in [3.63, 3.8) is 0 Å². The van der Waals surface area contributed by atoms with Crippen LogP contribution in [-0.2, 0) is 0 Å². The number of piperazine rings is 1. The van der Waals surface area contributed by atoms with Crippen LogP contribution in [0.5, 0.6) is 0 Å². The lowest BCUT2D eigenvalue weighted by atomic mass is 9.78. The minimum absolute atomic E-state index is 0.115. The van der Waals surface area contributed by atoms with Gasteiger partial charge in [0.1, 0.15) is 12.1 Å². The molecule has 0 radical (unpaired) electrons. The predicted molar refractivity (Wildman–Crippen MR) is 98.2 cm³/mol. The van der Waals surface area contributed by atoms with Crippen molar-refractivity contribution in [1.29, 1.82) is 0 Å². The second kappa shape index (κ2) is 7.33. The van der Waals surface area contributed by atoms with Gasteiger partial charge < -0.3 is 16.0 Å². The Kier molecular flexibility index (Phi) is 5.37. The van der Waals surface area contributed by atoms with Gasteiger partial charge in [-0.1, -0.05) is 6.92 Å². The van der Waals surface area contributed by atoms with Crippen LogP contribution in [0.25, 0.3) is 0 Å². The average molecular weight is 332 g/mol. The Balaban J connectivity index is 1.54. The van der Waals surface area contributed by atoms with E-state index < -0.39 is 0 Å². The van der Waals surface area contributed by atoms with E-state index in [-0.39, 0.29) is 5.54 Å². The molecule has 0 bridgehead atoms. The van der Waals surface area contributed by atoms with Gasteiger partial charge in [0.2, 0.25) is 0 Å². The fraction of sp³-hybridized carbons (Fsp3) is 0.778. The van der Waals surface area contributed by atoms with Crippen molar-refractivity contribution < 1.29 is 0 Å². The second-order valence-electron chi connectivity index (χ2n) is 7.84. The van der Waals surface area contributed by atoms with E-state index >= 15 is 0 Å². The van der Waals surface area contributed by atoms with Crippen LogP contribution in [0.3, 0.4) is 0 Å². The number of nitrogens with zero attached hydrogens (tertiary/aromatic N) is 4. The van der Waals surface area contributed by atoms with Gasteiger partial charge in [0.25, 0.3) is 0 Å². The molecule has 0 atom stereocenters. The van der Waals surface area contributed by atoms with Crippen LogP contribution in [0.15, 0.2) is 12.4 Å². The van der Waals surface area contributed by atoms with Crippen LogP contribution in [0.2, 0.25) is 0 Å². The maximum Gasteiger partial charge on any atom is 0.129 e. The van der Waals surface area contributed by atoms with Crippen LogP contribution in [-0.4, -0.2) is 70.6 Å². The molecule has 0 amide bonds. The zero-order valence-electron chi connectivity index (χ0n) is 15.3. The van der Waals surface area contributed by atoms with E-state index in [1.807, 2.05) is 0 Å². The molecule has 2 aliphatic rings. The van der Waals surface area contributed by atoms with E-state index in [0.717, 1.165) is 50.5 Å². The fourth-order valence-corrected chi connectivity index (χ4v) is 3.68. The van der Waals surface area contributed by atoms with Gasteiger partial charge in [-0.05, 0) is 33.2 Å². The molecule has 1 saturated carbocycles. The van der Waals surface area contributed by atoms with Crippen molar-refractivity contribution >= 4 is 5.82 Å². The lowest BCUT2D eigenvalue weighted by molar-refractivity contribution is 0.0614. The molecule has 0 unspecified atom stereocenters. The number of anilines is 1. The van der Waals surface area contributed by atoms with Gasteiger partial charge in [0, 0.05) is 62.0 Å². The van der Waals surface area contributed by atoms with Crippen LogP contribution < -0.4 is 11.1 Å². The molecule has 2 heterocycles. The molecule has 3 N–H and O–H groups in total. The Bertz CT molecular complexity index is 532. The first-order valence-electron chi connectivity index (χ1n) is 9.26. The summed E-state index contributed by atoms with van der Waals surface area (Å²) < 4.78 is 0. The third-order valence-corrected chi connectivity index (χ3v) is 5.66. The van der Waals surface area contributed by atoms with Crippen LogP contribution in [0.4, 0.5) is 5.82 Å². The largest absolute Gasteiger partial charge is 0.368 e. The van der Waals surface area contributed by atoms with Crippen molar-refractivity contribution in [1.82, 2.24) is 19.8 Å². The quantitative estimate of drug-likeness (QED) is 0.823. The minimum Gasteiger partial charge on any atom is -0.368 e. The highest BCUT2D eigenvalue weighted by Gasteiger charge is 2.30. The first-order chi connectivity index (χ1) is 11.5. The third-order valence-electron chi connectivity index (χ3n) is 5.66. The SMILES string of the molecule is CCN1CCN(C(C)(C)CNc2cc(C3CC(N)C3)ncn2)CC1. The summed E-state index contributed by atoms with van der Waals surface area (Å²) in [4.78, 5) is 13.9. The molecular weight excluding hydrogens is 300 g/mol. The van der Waals surface area contributed by atoms with Crippen LogP contribution >= 0.6 is 0 Å². The molecule has 1 aromatic rings. The summed E-state index contributed by atoms with van der Waals surface area (Å²) in [6.45, 7) is 13.5.